The second-order valence-electron chi connectivity index (χ2n) is 10.1. The Hall–Kier alpha value is -2.97. The van der Waals surface area contributed by atoms with Crippen molar-refractivity contribution in [2.75, 3.05) is 39.3 Å². The molecule has 0 aromatic carbocycles. The monoisotopic (exact) mass is 709 g/mol. The van der Waals surface area contributed by atoms with Crippen LogP contribution in [0.3, 0.4) is 0 Å². The fourth-order valence-electron chi connectivity index (χ4n) is 5.59. The number of amides is 3. The van der Waals surface area contributed by atoms with Crippen molar-refractivity contribution in [2.24, 2.45) is 0 Å². The van der Waals surface area contributed by atoms with Gasteiger partial charge >= 0.3 is 34.4 Å². The van der Waals surface area contributed by atoms with Gasteiger partial charge in [0.2, 0.25) is 0 Å². The fourth-order valence-corrected chi connectivity index (χ4v) is 5.59. The summed E-state index contributed by atoms with van der Waals surface area (Å²) >= 11 is 0. The topological polar surface area (TPSA) is 114 Å². The van der Waals surface area contributed by atoms with E-state index in [4.69, 9.17) is 0 Å². The van der Waals surface area contributed by atoms with Gasteiger partial charge in [0.05, 0.1) is 0 Å². The molecule has 3 fully saturated rings. The summed E-state index contributed by atoms with van der Waals surface area (Å²) in [5.41, 5.74) is 1.08. The second kappa shape index (κ2) is 11.4. The Balaban J connectivity index is 0.00000294. The van der Waals surface area contributed by atoms with Crippen LogP contribution in [0.25, 0.3) is 0 Å². The van der Waals surface area contributed by atoms with Crippen LogP contribution in [-0.2, 0) is 0 Å². The van der Waals surface area contributed by atoms with E-state index >= 15 is 0 Å². The molecule has 3 aromatic rings. The molecular formula is C24H31BN9O3Tl. The van der Waals surface area contributed by atoms with Gasteiger partial charge in [0, 0.05) is 39.3 Å². The summed E-state index contributed by atoms with van der Waals surface area (Å²) in [5, 5.41) is 13.9. The number of likely N-dealkylation sites (tertiary alicyclic amines) is 3. The van der Waals surface area contributed by atoms with E-state index < -0.39 is 7.12 Å². The number of carbonyl (C=O) groups is 3. The molecule has 38 heavy (non-hydrogen) atoms. The van der Waals surface area contributed by atoms with Crippen LogP contribution < -0.4 is 0 Å². The molecule has 14 heteroatoms. The molecule has 3 aliphatic rings. The number of aromatic nitrogens is 6. The summed E-state index contributed by atoms with van der Waals surface area (Å²) in [6.07, 6.45) is 11.3. The normalized spacial score (nSPS) is 17.4. The average Bonchev–Trinajstić information content (AvgIpc) is 3.75. The van der Waals surface area contributed by atoms with E-state index in [0.717, 1.165) is 77.8 Å². The summed E-state index contributed by atoms with van der Waals surface area (Å²) in [4.78, 5) is 44.3. The number of nitrogens with zero attached hydrogens (tertiary/aromatic N) is 9. The van der Waals surface area contributed by atoms with Gasteiger partial charge in [-0.3, -0.25) is 14.4 Å². The van der Waals surface area contributed by atoms with Gasteiger partial charge in [0.1, 0.15) is 17.1 Å². The molecule has 3 aromatic heterocycles. The maximum absolute atomic E-state index is 13.0. The molecule has 3 saturated heterocycles. The summed E-state index contributed by atoms with van der Waals surface area (Å²) in [6.45, 7) is 4.44. The van der Waals surface area contributed by atoms with Crippen LogP contribution in [0, 0.1) is 0 Å². The van der Waals surface area contributed by atoms with Crippen LogP contribution in [0.15, 0.2) is 36.8 Å². The summed E-state index contributed by atoms with van der Waals surface area (Å²) in [5.74, 6) is -0.277. The van der Waals surface area contributed by atoms with E-state index in [9.17, 15) is 14.4 Å². The van der Waals surface area contributed by atoms with Crippen molar-refractivity contribution < 1.29 is 14.4 Å². The van der Waals surface area contributed by atoms with E-state index in [1.54, 1.807) is 50.6 Å². The zero-order valence-electron chi connectivity index (χ0n) is 21.5. The largest absolute Gasteiger partial charge is 1.00 e. The predicted octanol–water partition coefficient (Wildman–Crippen LogP) is 0.265. The first-order valence-corrected chi connectivity index (χ1v) is 13.3. The van der Waals surface area contributed by atoms with E-state index in [-0.39, 0.29) is 45.0 Å². The van der Waals surface area contributed by atoms with Crippen LogP contribution in [-0.4, -0.2) is 135 Å². The minimum atomic E-state index is -1.83. The van der Waals surface area contributed by atoms with Crippen molar-refractivity contribution in [3.05, 3.63) is 53.9 Å². The zero-order valence-corrected chi connectivity index (χ0v) is 26.0. The van der Waals surface area contributed by atoms with E-state index in [0.29, 0.717) is 17.1 Å². The molecule has 3 aliphatic heterocycles. The third-order valence-electron chi connectivity index (χ3n) is 7.63. The molecule has 196 valence electrons. The van der Waals surface area contributed by atoms with E-state index in [2.05, 4.69) is 15.3 Å². The molecule has 0 bridgehead atoms. The van der Waals surface area contributed by atoms with Crippen molar-refractivity contribution in [2.45, 2.75) is 38.5 Å². The molecule has 3 amide bonds. The molecule has 0 radical (unpaired) electrons. The molecule has 0 spiro atoms. The quantitative estimate of drug-likeness (QED) is 0.340. The Morgan fingerprint density at radius 1 is 0.526 bits per heavy atom. The van der Waals surface area contributed by atoms with Gasteiger partial charge in [-0.15, -0.1) is 0 Å². The summed E-state index contributed by atoms with van der Waals surface area (Å²) in [6, 6.07) is 5.13. The van der Waals surface area contributed by atoms with Gasteiger partial charge in [-0.1, -0.05) is 0 Å². The van der Waals surface area contributed by atoms with Crippen LogP contribution in [0.1, 0.15) is 70.0 Å². The van der Waals surface area contributed by atoms with E-state index in [1.807, 2.05) is 14.7 Å². The molecule has 0 unspecified atom stereocenters. The van der Waals surface area contributed by atoms with Gasteiger partial charge < -0.3 is 28.5 Å². The first-order valence-electron chi connectivity index (χ1n) is 13.3. The Morgan fingerprint density at radius 2 is 0.789 bits per heavy atom. The van der Waals surface area contributed by atoms with Gasteiger partial charge in [-0.05, 0) is 75.3 Å². The molecule has 0 N–H and O–H groups in total. The Morgan fingerprint density at radius 3 is 1.05 bits per heavy atom. The van der Waals surface area contributed by atoms with Gasteiger partial charge in [0.15, 0.2) is 0 Å². The van der Waals surface area contributed by atoms with Crippen molar-refractivity contribution in [3.8, 4) is 0 Å². The van der Waals surface area contributed by atoms with E-state index in [1.165, 1.54) is 0 Å². The standard InChI is InChI=1S/C24H31BN9O3.Tl/c35-22(29-10-1-2-11-29)19-7-16-32(26-19)25(33-17-8-20(27-33)23(36)30-12-3-4-13-30)34-18-9-21(28-34)24(37)31-14-5-6-15-31;/h7-9,16-18,25H,1-6,10-15H2;/q-1;+1. The van der Waals surface area contributed by atoms with Crippen LogP contribution in [0.2, 0.25) is 0 Å². The molecular weight excluding hydrogens is 678 g/mol. The SMILES string of the molecule is O=C(c1ccn([BH-](n2ccc(C(=O)N3CCCC3)n2)n2ccc(C(=O)N3CCCC3)n2)n1)N1CCCC1.[Tl+]. The number of hydrogen-bond donors (Lipinski definition) is 0. The Labute approximate surface area is 241 Å². The third-order valence-corrected chi connectivity index (χ3v) is 7.63. The Kier molecular flexibility index (Phi) is 8.00. The molecule has 0 aliphatic carbocycles. The van der Waals surface area contributed by atoms with Gasteiger partial charge in [-0.2, -0.15) is 0 Å². The van der Waals surface area contributed by atoms with Gasteiger partial charge in [0.25, 0.3) is 17.7 Å². The van der Waals surface area contributed by atoms with Crippen molar-refractivity contribution in [1.29, 1.82) is 0 Å². The summed E-state index contributed by atoms with van der Waals surface area (Å²) < 4.78 is 5.03. The smallest absolute Gasteiger partial charge is 0.402 e. The first-order chi connectivity index (χ1) is 18.1. The van der Waals surface area contributed by atoms with Crippen LogP contribution in [0.4, 0.5) is 0 Å². The minimum Gasteiger partial charge on any atom is -0.402 e. The zero-order chi connectivity index (χ0) is 25.4. The molecule has 12 nitrogen and oxygen atoms in total. The summed E-state index contributed by atoms with van der Waals surface area (Å²) in [7, 11) is -1.83. The van der Waals surface area contributed by atoms with Crippen molar-refractivity contribution in [3.63, 3.8) is 0 Å². The molecule has 6 rings (SSSR count). The number of rotatable bonds is 6. The van der Waals surface area contributed by atoms with Crippen molar-refractivity contribution in [1.82, 2.24) is 43.8 Å². The van der Waals surface area contributed by atoms with Crippen LogP contribution in [0.5, 0.6) is 0 Å². The van der Waals surface area contributed by atoms with Gasteiger partial charge in [-0.25, -0.2) is 15.3 Å². The maximum atomic E-state index is 13.0. The maximum Gasteiger partial charge on any atom is 1.00 e. The third kappa shape index (κ3) is 5.16. The average molecular weight is 709 g/mol. The molecule has 6 heterocycles. The number of hydrogen-bond acceptors (Lipinski definition) is 6. The van der Waals surface area contributed by atoms with Crippen LogP contribution >= 0.6 is 0 Å². The minimum absolute atomic E-state index is 0. The number of carbonyl (C=O) groups excluding carboxylic acids is 3. The first kappa shape index (κ1) is 26.6. The Bertz CT molecular complexity index is 1150. The molecule has 0 saturated carbocycles. The fraction of sp³-hybridized carbons (Fsp3) is 0.500. The molecule has 0 atom stereocenters. The van der Waals surface area contributed by atoms with Crippen molar-refractivity contribution >= 4 is 52.1 Å². The predicted molar refractivity (Wildman–Crippen MR) is 141 cm³/mol. The second-order valence-corrected chi connectivity index (χ2v) is 10.1.